The highest BCUT2D eigenvalue weighted by atomic mass is 35.5. The Morgan fingerprint density at radius 3 is 2.81 bits per heavy atom. The van der Waals surface area contributed by atoms with E-state index in [4.69, 9.17) is 28.9 Å². The second-order valence-electron chi connectivity index (χ2n) is 7.29. The Balaban J connectivity index is 1.61. The fourth-order valence-corrected chi connectivity index (χ4v) is 3.90. The minimum Gasteiger partial charge on any atom is -0.368 e. The quantitative estimate of drug-likeness (QED) is 0.388. The minimum absolute atomic E-state index is 0.129. The second kappa shape index (κ2) is 9.02. The molecule has 3 aromatic heterocycles. The molecule has 1 atom stereocenters. The van der Waals surface area contributed by atoms with Gasteiger partial charge in [0.25, 0.3) is 0 Å². The Hall–Kier alpha value is -3.36. The van der Waals surface area contributed by atoms with Crippen molar-refractivity contribution >= 4 is 46.4 Å². The summed E-state index contributed by atoms with van der Waals surface area (Å²) in [5, 5.41) is 6.92. The van der Waals surface area contributed by atoms with Crippen LogP contribution in [0.4, 0.5) is 11.8 Å². The van der Waals surface area contributed by atoms with E-state index in [0.717, 1.165) is 16.9 Å². The number of imidazole rings is 1. The molecule has 1 aromatic carbocycles. The minimum atomic E-state index is -0.428. The number of aryl methyl sites for hydroxylation is 1. The molecule has 32 heavy (non-hydrogen) atoms. The number of rotatable bonds is 6. The summed E-state index contributed by atoms with van der Waals surface area (Å²) in [6, 6.07) is 10.6. The van der Waals surface area contributed by atoms with E-state index in [1.54, 1.807) is 18.2 Å². The first-order valence-electron chi connectivity index (χ1n) is 9.85. The zero-order valence-corrected chi connectivity index (χ0v) is 18.9. The molecule has 4 rings (SSSR count). The van der Waals surface area contributed by atoms with E-state index in [2.05, 4.69) is 25.6 Å². The highest BCUT2D eigenvalue weighted by Crippen LogP contribution is 2.30. The van der Waals surface area contributed by atoms with E-state index >= 15 is 0 Å². The lowest BCUT2D eigenvalue weighted by Crippen LogP contribution is -2.31. The lowest BCUT2D eigenvalue weighted by atomic mass is 10.1. The maximum absolute atomic E-state index is 11.8. The Kier molecular flexibility index (Phi) is 6.16. The molecular weight excluding hydrogens is 449 g/mol. The van der Waals surface area contributed by atoms with Gasteiger partial charge in [-0.1, -0.05) is 35.3 Å². The molecule has 1 unspecified atom stereocenters. The smallest absolute Gasteiger partial charge is 0.222 e. The van der Waals surface area contributed by atoms with E-state index in [9.17, 15) is 4.79 Å². The van der Waals surface area contributed by atoms with Gasteiger partial charge in [-0.3, -0.25) is 4.79 Å². The predicted molar refractivity (Wildman–Crippen MR) is 127 cm³/mol. The molecule has 164 valence electrons. The molecule has 10 heteroatoms. The third-order valence-electron chi connectivity index (χ3n) is 4.97. The first-order chi connectivity index (χ1) is 15.3. The molecule has 8 nitrogen and oxygen atoms in total. The van der Waals surface area contributed by atoms with Gasteiger partial charge < -0.3 is 20.8 Å². The number of carbonyl (C=O) groups excluding carboxylic acids is 1. The number of fused-ring (bicyclic) bond motifs is 1. The van der Waals surface area contributed by atoms with Crippen LogP contribution in [0.15, 0.2) is 48.8 Å². The number of nitrogens with two attached hydrogens (primary N) is 1. The lowest BCUT2D eigenvalue weighted by Gasteiger charge is -2.21. The van der Waals surface area contributed by atoms with Gasteiger partial charge >= 0.3 is 0 Å². The number of benzene rings is 1. The summed E-state index contributed by atoms with van der Waals surface area (Å²) in [5.74, 6) is 1.33. The number of nitrogen functional groups attached to an aromatic ring is 1. The molecule has 0 aliphatic heterocycles. The molecule has 0 bridgehead atoms. The van der Waals surface area contributed by atoms with Crippen LogP contribution in [0.5, 0.6) is 0 Å². The second-order valence-corrected chi connectivity index (χ2v) is 8.08. The van der Waals surface area contributed by atoms with Crippen molar-refractivity contribution in [3.05, 3.63) is 70.2 Å². The standard InChI is InChI=1S/C22H21Cl2N7O/c1-12-26-9-15-7-6-14(11-31(12)15)18-8-20(30-22(25)29-18)27-10-19(28-13(2)32)16-4-3-5-17(23)21(16)24/h3-9,11,19H,10H2,1-2H3,(H,28,32)(H3,25,27,29,30). The predicted octanol–water partition coefficient (Wildman–Crippen LogP) is 4.28. The Morgan fingerprint density at radius 2 is 2.03 bits per heavy atom. The monoisotopic (exact) mass is 469 g/mol. The molecule has 0 saturated carbocycles. The molecule has 0 aliphatic rings. The largest absolute Gasteiger partial charge is 0.368 e. The Bertz CT molecular complexity index is 1300. The number of halogens is 2. The molecule has 0 radical (unpaired) electrons. The van der Waals surface area contributed by atoms with Gasteiger partial charge in [0.1, 0.15) is 11.6 Å². The van der Waals surface area contributed by atoms with Crippen molar-refractivity contribution in [3.63, 3.8) is 0 Å². The molecule has 0 saturated heterocycles. The third-order valence-corrected chi connectivity index (χ3v) is 5.81. The topological polar surface area (TPSA) is 110 Å². The van der Waals surface area contributed by atoms with Gasteiger partial charge in [0, 0.05) is 31.3 Å². The SMILES string of the molecule is CC(=O)NC(CNc1cc(-c2ccc3cnc(C)n3c2)nc(N)n1)c1cccc(Cl)c1Cl. The molecule has 0 fully saturated rings. The molecular formula is C22H21Cl2N7O. The van der Waals surface area contributed by atoms with Crippen LogP contribution in [0.2, 0.25) is 10.0 Å². The summed E-state index contributed by atoms with van der Waals surface area (Å²) in [6.45, 7) is 3.69. The van der Waals surface area contributed by atoms with E-state index < -0.39 is 6.04 Å². The Morgan fingerprint density at radius 1 is 1.22 bits per heavy atom. The van der Waals surface area contributed by atoms with Gasteiger partial charge in [0.15, 0.2) is 0 Å². The number of carbonyl (C=O) groups is 1. The van der Waals surface area contributed by atoms with E-state index in [1.807, 2.05) is 41.9 Å². The van der Waals surface area contributed by atoms with Crippen LogP contribution in [0, 0.1) is 6.92 Å². The van der Waals surface area contributed by atoms with Crippen molar-refractivity contribution in [1.29, 1.82) is 0 Å². The number of nitrogens with zero attached hydrogens (tertiary/aromatic N) is 4. The summed E-state index contributed by atoms with van der Waals surface area (Å²) in [5.41, 5.74) is 9.19. The molecule has 3 heterocycles. The summed E-state index contributed by atoms with van der Waals surface area (Å²) >= 11 is 12.5. The van der Waals surface area contributed by atoms with Crippen molar-refractivity contribution in [2.45, 2.75) is 19.9 Å². The van der Waals surface area contributed by atoms with Gasteiger partial charge in [-0.05, 0) is 30.7 Å². The zero-order valence-electron chi connectivity index (χ0n) is 17.4. The molecule has 0 spiro atoms. The summed E-state index contributed by atoms with van der Waals surface area (Å²) in [4.78, 5) is 24.7. The van der Waals surface area contributed by atoms with Crippen LogP contribution in [0.25, 0.3) is 16.8 Å². The molecule has 1 amide bonds. The third kappa shape index (κ3) is 4.61. The van der Waals surface area contributed by atoms with Gasteiger partial charge in [0.05, 0.1) is 33.5 Å². The van der Waals surface area contributed by atoms with Gasteiger partial charge in [-0.25, -0.2) is 9.97 Å². The van der Waals surface area contributed by atoms with Crippen LogP contribution < -0.4 is 16.4 Å². The first-order valence-corrected chi connectivity index (χ1v) is 10.6. The fourth-order valence-electron chi connectivity index (χ4n) is 3.46. The van der Waals surface area contributed by atoms with Crippen molar-refractivity contribution in [2.75, 3.05) is 17.6 Å². The number of anilines is 2. The average Bonchev–Trinajstić information content (AvgIpc) is 3.13. The van der Waals surface area contributed by atoms with Crippen molar-refractivity contribution in [1.82, 2.24) is 24.7 Å². The summed E-state index contributed by atoms with van der Waals surface area (Å²) in [6.07, 6.45) is 3.76. The molecule has 0 aliphatic carbocycles. The van der Waals surface area contributed by atoms with Gasteiger partial charge in [0.2, 0.25) is 11.9 Å². The van der Waals surface area contributed by atoms with E-state index in [0.29, 0.717) is 33.7 Å². The van der Waals surface area contributed by atoms with E-state index in [-0.39, 0.29) is 11.9 Å². The Labute approximate surface area is 194 Å². The van der Waals surface area contributed by atoms with Crippen LogP contribution in [0.3, 0.4) is 0 Å². The molecule has 4 aromatic rings. The zero-order chi connectivity index (χ0) is 22.8. The number of hydrogen-bond acceptors (Lipinski definition) is 6. The number of nitrogens with one attached hydrogen (secondary N) is 2. The summed E-state index contributed by atoms with van der Waals surface area (Å²) in [7, 11) is 0. The van der Waals surface area contributed by atoms with Crippen LogP contribution in [-0.4, -0.2) is 31.8 Å². The normalized spacial score (nSPS) is 12.0. The van der Waals surface area contributed by atoms with Gasteiger partial charge in [-0.15, -0.1) is 0 Å². The maximum atomic E-state index is 11.8. The average molecular weight is 470 g/mol. The number of hydrogen-bond donors (Lipinski definition) is 3. The van der Waals surface area contributed by atoms with Crippen LogP contribution in [0.1, 0.15) is 24.4 Å². The van der Waals surface area contributed by atoms with Crippen LogP contribution in [-0.2, 0) is 4.79 Å². The summed E-state index contributed by atoms with van der Waals surface area (Å²) < 4.78 is 1.98. The fraction of sp³-hybridized carbons (Fsp3) is 0.182. The maximum Gasteiger partial charge on any atom is 0.222 e. The van der Waals surface area contributed by atoms with Crippen molar-refractivity contribution in [2.24, 2.45) is 0 Å². The number of pyridine rings is 1. The molecule has 4 N–H and O–H groups in total. The van der Waals surface area contributed by atoms with Gasteiger partial charge in [-0.2, -0.15) is 4.98 Å². The highest BCUT2D eigenvalue weighted by Gasteiger charge is 2.18. The van der Waals surface area contributed by atoms with E-state index in [1.165, 1.54) is 6.92 Å². The van der Waals surface area contributed by atoms with Crippen molar-refractivity contribution in [3.8, 4) is 11.3 Å². The number of amides is 1. The number of aromatic nitrogens is 4. The van der Waals surface area contributed by atoms with Crippen molar-refractivity contribution < 1.29 is 4.79 Å². The van der Waals surface area contributed by atoms with Crippen LogP contribution >= 0.6 is 23.2 Å². The highest BCUT2D eigenvalue weighted by molar-refractivity contribution is 6.42. The lowest BCUT2D eigenvalue weighted by molar-refractivity contribution is -0.119. The first kappa shape index (κ1) is 21.9.